The molecule has 2 fully saturated rings. The number of hydrogen-bond donors (Lipinski definition) is 2. The Morgan fingerprint density at radius 3 is 2.56 bits per heavy atom. The van der Waals surface area contributed by atoms with Gasteiger partial charge in [-0.1, -0.05) is 12.1 Å². The highest BCUT2D eigenvalue weighted by Gasteiger charge is 2.42. The van der Waals surface area contributed by atoms with Gasteiger partial charge in [0.25, 0.3) is 0 Å². The van der Waals surface area contributed by atoms with E-state index in [2.05, 4.69) is 24.0 Å². The van der Waals surface area contributed by atoms with Crippen molar-refractivity contribution in [2.75, 3.05) is 5.73 Å². The standard InChI is InChI=1S/C15H22N2O/c1-10(11-3-2-4-12(16)7-11)17-13-5-6-14(17)9-15(18)8-13/h2-4,7,10,13-15,18H,5-6,8-9,16H2,1H3. The number of hydrogen-bond acceptors (Lipinski definition) is 3. The van der Waals surface area contributed by atoms with E-state index in [0.717, 1.165) is 18.5 Å². The third kappa shape index (κ3) is 2.02. The average molecular weight is 246 g/mol. The second-order valence-electron chi connectivity index (χ2n) is 5.80. The molecule has 0 aromatic heterocycles. The number of nitrogen functional groups attached to an aromatic ring is 1. The molecular weight excluding hydrogens is 224 g/mol. The Morgan fingerprint density at radius 1 is 1.28 bits per heavy atom. The van der Waals surface area contributed by atoms with E-state index in [4.69, 9.17) is 5.73 Å². The van der Waals surface area contributed by atoms with Gasteiger partial charge in [0.05, 0.1) is 6.10 Å². The Morgan fingerprint density at radius 2 is 1.94 bits per heavy atom. The number of piperidine rings is 1. The topological polar surface area (TPSA) is 49.5 Å². The van der Waals surface area contributed by atoms with Gasteiger partial charge < -0.3 is 10.8 Å². The molecule has 0 radical (unpaired) electrons. The van der Waals surface area contributed by atoms with Crippen LogP contribution in [0.3, 0.4) is 0 Å². The number of nitrogens with zero attached hydrogens (tertiary/aromatic N) is 1. The number of rotatable bonds is 2. The van der Waals surface area contributed by atoms with Crippen molar-refractivity contribution in [2.24, 2.45) is 0 Å². The molecule has 2 aliphatic rings. The van der Waals surface area contributed by atoms with Crippen molar-refractivity contribution < 1.29 is 5.11 Å². The number of benzene rings is 1. The van der Waals surface area contributed by atoms with Crippen LogP contribution in [-0.2, 0) is 0 Å². The molecule has 0 amide bonds. The molecular formula is C15H22N2O. The van der Waals surface area contributed by atoms with Crippen molar-refractivity contribution in [3.63, 3.8) is 0 Å². The minimum Gasteiger partial charge on any atom is -0.399 e. The van der Waals surface area contributed by atoms with Gasteiger partial charge in [0.15, 0.2) is 0 Å². The number of fused-ring (bicyclic) bond motifs is 2. The fourth-order valence-corrected chi connectivity index (χ4v) is 3.81. The molecule has 3 N–H and O–H groups in total. The molecule has 1 aromatic carbocycles. The molecule has 0 spiro atoms. The van der Waals surface area contributed by atoms with Crippen molar-refractivity contribution in [3.05, 3.63) is 29.8 Å². The Bertz CT molecular complexity index is 420. The molecule has 18 heavy (non-hydrogen) atoms. The van der Waals surface area contributed by atoms with Crippen molar-refractivity contribution in [1.29, 1.82) is 0 Å². The highest BCUT2D eigenvalue weighted by atomic mass is 16.3. The van der Waals surface area contributed by atoms with Crippen LogP contribution < -0.4 is 5.73 Å². The lowest BCUT2D eigenvalue weighted by Gasteiger charge is -2.41. The summed E-state index contributed by atoms with van der Waals surface area (Å²) in [5.74, 6) is 0. The number of aliphatic hydroxyl groups is 1. The van der Waals surface area contributed by atoms with E-state index in [-0.39, 0.29) is 6.10 Å². The number of anilines is 1. The van der Waals surface area contributed by atoms with Crippen LogP contribution in [0.15, 0.2) is 24.3 Å². The molecule has 98 valence electrons. The predicted molar refractivity (Wildman–Crippen MR) is 73.2 cm³/mol. The fourth-order valence-electron chi connectivity index (χ4n) is 3.81. The van der Waals surface area contributed by atoms with Crippen LogP contribution in [0.25, 0.3) is 0 Å². The number of nitrogens with two attached hydrogens (primary N) is 1. The van der Waals surface area contributed by atoms with Crippen molar-refractivity contribution >= 4 is 5.69 Å². The summed E-state index contributed by atoms with van der Waals surface area (Å²) < 4.78 is 0. The van der Waals surface area contributed by atoms with Gasteiger partial charge in [-0.2, -0.15) is 0 Å². The Kier molecular flexibility index (Phi) is 3.04. The summed E-state index contributed by atoms with van der Waals surface area (Å²) in [7, 11) is 0. The Balaban J connectivity index is 1.83. The van der Waals surface area contributed by atoms with Gasteiger partial charge in [-0.3, -0.25) is 4.90 Å². The molecule has 2 heterocycles. The molecule has 2 saturated heterocycles. The lowest BCUT2D eigenvalue weighted by molar-refractivity contribution is 0.0139. The first-order valence-corrected chi connectivity index (χ1v) is 6.96. The van der Waals surface area contributed by atoms with E-state index in [0.29, 0.717) is 18.1 Å². The van der Waals surface area contributed by atoms with Crippen LogP contribution in [0.1, 0.15) is 44.2 Å². The molecule has 3 atom stereocenters. The van der Waals surface area contributed by atoms with Crippen molar-refractivity contribution in [3.8, 4) is 0 Å². The van der Waals surface area contributed by atoms with E-state index in [9.17, 15) is 5.11 Å². The maximum Gasteiger partial charge on any atom is 0.0570 e. The van der Waals surface area contributed by atoms with Crippen LogP contribution in [0.2, 0.25) is 0 Å². The smallest absolute Gasteiger partial charge is 0.0570 e. The second-order valence-corrected chi connectivity index (χ2v) is 5.80. The van der Waals surface area contributed by atoms with E-state index in [1.165, 1.54) is 18.4 Å². The monoisotopic (exact) mass is 246 g/mol. The summed E-state index contributed by atoms with van der Waals surface area (Å²) in [5.41, 5.74) is 8.01. The van der Waals surface area contributed by atoms with Gasteiger partial charge in [0.1, 0.15) is 0 Å². The lowest BCUT2D eigenvalue weighted by atomic mass is 9.95. The van der Waals surface area contributed by atoms with E-state index >= 15 is 0 Å². The molecule has 3 heteroatoms. The van der Waals surface area contributed by atoms with Crippen LogP contribution in [-0.4, -0.2) is 28.2 Å². The summed E-state index contributed by atoms with van der Waals surface area (Å²) in [6.07, 6.45) is 4.24. The highest BCUT2D eigenvalue weighted by Crippen LogP contribution is 2.41. The highest BCUT2D eigenvalue weighted by molar-refractivity contribution is 5.41. The fraction of sp³-hybridized carbons (Fsp3) is 0.600. The van der Waals surface area contributed by atoms with Crippen LogP contribution in [0, 0.1) is 0 Å². The minimum atomic E-state index is -0.0909. The molecule has 0 aliphatic carbocycles. The number of aliphatic hydroxyl groups excluding tert-OH is 1. The Labute approximate surface area is 109 Å². The van der Waals surface area contributed by atoms with Crippen LogP contribution in [0.4, 0.5) is 5.69 Å². The average Bonchev–Trinajstić information content (AvgIpc) is 2.61. The third-order valence-electron chi connectivity index (χ3n) is 4.60. The maximum atomic E-state index is 9.86. The van der Waals surface area contributed by atoms with E-state index in [1.54, 1.807) is 0 Å². The molecule has 3 nitrogen and oxygen atoms in total. The van der Waals surface area contributed by atoms with Gasteiger partial charge in [-0.15, -0.1) is 0 Å². The second kappa shape index (κ2) is 4.56. The maximum absolute atomic E-state index is 9.86. The third-order valence-corrected chi connectivity index (χ3v) is 4.60. The van der Waals surface area contributed by atoms with Crippen LogP contribution in [0.5, 0.6) is 0 Å². The van der Waals surface area contributed by atoms with E-state index < -0.39 is 0 Å². The normalized spacial score (nSPS) is 33.6. The van der Waals surface area contributed by atoms with Gasteiger partial charge in [0.2, 0.25) is 0 Å². The first-order valence-electron chi connectivity index (χ1n) is 6.96. The molecule has 1 aromatic rings. The zero-order valence-electron chi connectivity index (χ0n) is 10.9. The van der Waals surface area contributed by atoms with E-state index in [1.807, 2.05) is 12.1 Å². The lowest BCUT2D eigenvalue weighted by Crippen LogP contribution is -2.45. The minimum absolute atomic E-state index is 0.0909. The van der Waals surface area contributed by atoms with Crippen LogP contribution >= 0.6 is 0 Å². The predicted octanol–water partition coefficient (Wildman–Crippen LogP) is 2.32. The molecule has 3 unspecified atom stereocenters. The molecule has 2 bridgehead atoms. The van der Waals surface area contributed by atoms with Gasteiger partial charge in [-0.05, 0) is 50.3 Å². The van der Waals surface area contributed by atoms with Gasteiger partial charge in [-0.25, -0.2) is 0 Å². The largest absolute Gasteiger partial charge is 0.399 e. The summed E-state index contributed by atoms with van der Waals surface area (Å²) in [4.78, 5) is 2.60. The van der Waals surface area contributed by atoms with Gasteiger partial charge in [0, 0.05) is 23.8 Å². The molecule has 3 rings (SSSR count). The van der Waals surface area contributed by atoms with Gasteiger partial charge >= 0.3 is 0 Å². The summed E-state index contributed by atoms with van der Waals surface area (Å²) >= 11 is 0. The summed E-state index contributed by atoms with van der Waals surface area (Å²) in [6.45, 7) is 2.26. The summed E-state index contributed by atoms with van der Waals surface area (Å²) in [5, 5.41) is 9.86. The first kappa shape index (κ1) is 12.0. The zero-order chi connectivity index (χ0) is 12.7. The zero-order valence-corrected chi connectivity index (χ0v) is 10.9. The molecule has 0 saturated carbocycles. The SMILES string of the molecule is CC(c1cccc(N)c1)N1C2CCC1CC(O)C2. The first-order chi connectivity index (χ1) is 8.65. The van der Waals surface area contributed by atoms with Crippen molar-refractivity contribution in [1.82, 2.24) is 4.90 Å². The quantitative estimate of drug-likeness (QED) is 0.787. The summed E-state index contributed by atoms with van der Waals surface area (Å²) in [6, 6.07) is 9.71. The Hall–Kier alpha value is -1.06. The molecule has 2 aliphatic heterocycles. The van der Waals surface area contributed by atoms with Crippen molar-refractivity contribution in [2.45, 2.75) is 56.8 Å².